The molecule has 0 rings (SSSR count). The van der Waals surface area contributed by atoms with E-state index in [4.69, 9.17) is 0 Å². The summed E-state index contributed by atoms with van der Waals surface area (Å²) in [7, 11) is 0. The van der Waals surface area contributed by atoms with Crippen LogP contribution in [0.25, 0.3) is 0 Å². The van der Waals surface area contributed by atoms with Gasteiger partial charge in [0.05, 0.1) is 0 Å². The predicted molar refractivity (Wildman–Crippen MR) is 41.0 cm³/mol. The quantitative estimate of drug-likeness (QED) is 0.430. The Labute approximate surface area is 80.5 Å². The molecule has 0 atom stereocenters. The normalized spacial score (nSPS) is 9.75. The topological polar surface area (TPSA) is 60.2 Å². The molecular weight excluding hydrogens is 330 g/mol. The second kappa shape index (κ2) is 4.88. The van der Waals surface area contributed by atoms with Gasteiger partial charge in [0.1, 0.15) is 0 Å². The zero-order chi connectivity index (χ0) is 9.72. The molecule has 0 aliphatic carbocycles. The summed E-state index contributed by atoms with van der Waals surface area (Å²) >= 11 is 0.991. The number of hydrogen-bond acceptors (Lipinski definition) is 3. The third-order valence-electron chi connectivity index (χ3n) is 1.01. The SMILES string of the molecule is C=C(C=C[C](=[W])C(C)=O)[N+](=O)[O-]. The number of carbonyl (C=O) groups excluding carboxylic acids is 1. The van der Waals surface area contributed by atoms with Gasteiger partial charge in [0.15, 0.2) is 0 Å². The van der Waals surface area contributed by atoms with E-state index in [1.807, 2.05) is 0 Å². The van der Waals surface area contributed by atoms with Crippen LogP contribution >= 0.6 is 0 Å². The zero-order valence-electron chi connectivity index (χ0n) is 6.44. The molecule has 4 nitrogen and oxygen atoms in total. The molecule has 0 aliphatic heterocycles. The molecule has 0 heterocycles. The van der Waals surface area contributed by atoms with Gasteiger partial charge in [-0.05, 0) is 0 Å². The monoisotopic (exact) mass is 337 g/mol. The van der Waals surface area contributed by atoms with Crippen molar-refractivity contribution < 1.29 is 29.1 Å². The Balaban J connectivity index is 4.26. The number of hydrogen-bond donors (Lipinski definition) is 0. The molecule has 0 radical (unpaired) electrons. The molecule has 0 aromatic carbocycles. The first-order valence-electron chi connectivity index (χ1n) is 3.01. The molecule has 0 amide bonds. The van der Waals surface area contributed by atoms with E-state index in [0.29, 0.717) is 3.90 Å². The van der Waals surface area contributed by atoms with Crippen molar-refractivity contribution in [3.05, 3.63) is 34.5 Å². The summed E-state index contributed by atoms with van der Waals surface area (Å²) in [5.74, 6) is -0.0719. The van der Waals surface area contributed by atoms with E-state index in [-0.39, 0.29) is 11.5 Å². The molecule has 0 aliphatic rings. The fraction of sp³-hybridized carbons (Fsp3) is 0.143. The van der Waals surface area contributed by atoms with E-state index in [1.54, 1.807) is 0 Å². The minimum absolute atomic E-state index is 0.0719. The maximum absolute atomic E-state index is 10.7. The first-order valence-corrected chi connectivity index (χ1v) is 4.48. The molecule has 0 fully saturated rings. The summed E-state index contributed by atoms with van der Waals surface area (Å²) < 4.78 is 0.554. The number of nitrogens with zero attached hydrogens (tertiary/aromatic N) is 1. The van der Waals surface area contributed by atoms with Gasteiger partial charge < -0.3 is 0 Å². The van der Waals surface area contributed by atoms with Gasteiger partial charge in [0, 0.05) is 0 Å². The van der Waals surface area contributed by atoms with Crippen molar-refractivity contribution in [3.8, 4) is 0 Å². The van der Waals surface area contributed by atoms with Gasteiger partial charge in [0.2, 0.25) is 0 Å². The van der Waals surface area contributed by atoms with E-state index in [2.05, 4.69) is 6.58 Å². The number of Topliss-reactive ketones (excluding diaryl/α,β-unsaturated/α-hetero) is 1. The fourth-order valence-corrected chi connectivity index (χ4v) is 0.595. The van der Waals surface area contributed by atoms with Gasteiger partial charge in [0.25, 0.3) is 0 Å². The predicted octanol–water partition coefficient (Wildman–Crippen LogP) is 0.641. The van der Waals surface area contributed by atoms with Gasteiger partial charge in [-0.2, -0.15) is 0 Å². The third-order valence-corrected chi connectivity index (χ3v) is 2.53. The van der Waals surface area contributed by atoms with Crippen molar-refractivity contribution in [2.75, 3.05) is 0 Å². The molecule has 0 aromatic rings. The second-order valence-corrected chi connectivity index (χ2v) is 3.58. The summed E-state index contributed by atoms with van der Waals surface area (Å²) in [4.78, 5) is 20.1. The Morgan fingerprint density at radius 3 is 2.42 bits per heavy atom. The minimum atomic E-state index is -0.598. The van der Waals surface area contributed by atoms with Crippen LogP contribution in [0.15, 0.2) is 24.4 Å². The van der Waals surface area contributed by atoms with Gasteiger partial charge in [-0.15, -0.1) is 0 Å². The summed E-state index contributed by atoms with van der Waals surface area (Å²) in [6.45, 7) is 4.60. The van der Waals surface area contributed by atoms with Gasteiger partial charge in [-0.1, -0.05) is 0 Å². The molecule has 0 spiro atoms. The molecule has 0 aromatic heterocycles. The Bertz CT molecular complexity index is 252. The summed E-state index contributed by atoms with van der Waals surface area (Å²) in [5, 5.41) is 10.0. The van der Waals surface area contributed by atoms with Gasteiger partial charge in [-0.25, -0.2) is 0 Å². The van der Waals surface area contributed by atoms with E-state index < -0.39 is 4.92 Å². The Morgan fingerprint density at radius 1 is 1.58 bits per heavy atom. The molecular formula is C7H7NO3W. The van der Waals surface area contributed by atoms with Crippen LogP contribution in [-0.4, -0.2) is 14.6 Å². The first kappa shape index (κ1) is 11.1. The van der Waals surface area contributed by atoms with E-state index in [0.717, 1.165) is 19.4 Å². The van der Waals surface area contributed by atoms with Crippen LogP contribution in [0.2, 0.25) is 0 Å². The van der Waals surface area contributed by atoms with Gasteiger partial charge >= 0.3 is 80.2 Å². The number of rotatable bonds is 4. The first-order chi connectivity index (χ1) is 5.45. The molecule has 0 bridgehead atoms. The van der Waals surface area contributed by atoms with Crippen LogP contribution in [-0.2, 0) is 24.1 Å². The van der Waals surface area contributed by atoms with Crippen molar-refractivity contribution in [1.82, 2.24) is 0 Å². The molecule has 0 saturated carbocycles. The second-order valence-electron chi connectivity index (χ2n) is 2.00. The maximum atomic E-state index is 10.7. The van der Waals surface area contributed by atoms with Crippen molar-refractivity contribution in [2.24, 2.45) is 0 Å². The standard InChI is InChI=1S/C7H7NO3.W/c1-6(8(10)11)4-3-5-7(2)9;/h3-4H,1H2,2H3;. The molecule has 12 heavy (non-hydrogen) atoms. The summed E-state index contributed by atoms with van der Waals surface area (Å²) in [6, 6.07) is 0. The fourth-order valence-electron chi connectivity index (χ4n) is 0.350. The van der Waals surface area contributed by atoms with Crippen LogP contribution in [0.1, 0.15) is 6.92 Å². The third kappa shape index (κ3) is 4.08. The van der Waals surface area contributed by atoms with Gasteiger partial charge in [-0.3, -0.25) is 0 Å². The van der Waals surface area contributed by atoms with Crippen LogP contribution in [0.3, 0.4) is 0 Å². The van der Waals surface area contributed by atoms with Crippen molar-refractivity contribution in [1.29, 1.82) is 0 Å². The Morgan fingerprint density at radius 2 is 2.08 bits per heavy atom. The molecule has 0 unspecified atom stereocenters. The molecule has 0 saturated heterocycles. The molecule has 64 valence electrons. The molecule has 5 heteroatoms. The van der Waals surface area contributed by atoms with Crippen molar-refractivity contribution >= 4 is 9.68 Å². The van der Waals surface area contributed by atoms with E-state index in [1.165, 1.54) is 19.1 Å². The Hall–Kier alpha value is -0.892. The van der Waals surface area contributed by atoms with Crippen LogP contribution in [0, 0.1) is 10.1 Å². The van der Waals surface area contributed by atoms with E-state index >= 15 is 0 Å². The summed E-state index contributed by atoms with van der Waals surface area (Å²) in [5.41, 5.74) is -0.213. The number of nitro groups is 1. The zero-order valence-corrected chi connectivity index (χ0v) is 9.38. The number of ketones is 1. The molecule has 0 N–H and O–H groups in total. The summed E-state index contributed by atoms with van der Waals surface area (Å²) in [6.07, 6.45) is 2.65. The van der Waals surface area contributed by atoms with Crippen LogP contribution in [0.4, 0.5) is 0 Å². The number of carbonyl (C=O) groups is 1. The van der Waals surface area contributed by atoms with Crippen LogP contribution in [0.5, 0.6) is 0 Å². The average molecular weight is 337 g/mol. The van der Waals surface area contributed by atoms with Crippen molar-refractivity contribution in [3.63, 3.8) is 0 Å². The van der Waals surface area contributed by atoms with Crippen LogP contribution < -0.4 is 0 Å². The van der Waals surface area contributed by atoms with Crippen molar-refractivity contribution in [2.45, 2.75) is 6.92 Å². The van der Waals surface area contributed by atoms with E-state index in [9.17, 15) is 14.9 Å². The number of allylic oxidation sites excluding steroid dienone is 2. The Kier molecular flexibility index (Phi) is 4.52. The average Bonchev–Trinajstić information content (AvgIpc) is 1.98.